The zero-order chi connectivity index (χ0) is 14.1. The quantitative estimate of drug-likeness (QED) is 0.761. The molecule has 3 rings (SSSR count). The van der Waals surface area contributed by atoms with Crippen LogP contribution in [0.3, 0.4) is 0 Å². The smallest absolute Gasteiger partial charge is 0.177 e. The molecule has 1 N–H and O–H groups in total. The minimum absolute atomic E-state index is 0.311. The normalized spacial score (nSPS) is 14.3. The third kappa shape index (κ3) is 2.48. The minimum atomic E-state index is 0.311. The molecular formula is C16H16BrN3. The maximum absolute atomic E-state index is 4.61. The number of fused-ring (bicyclic) bond motifs is 1. The minimum Gasteiger partial charge on any atom is -0.340 e. The van der Waals surface area contributed by atoms with Crippen molar-refractivity contribution < 1.29 is 0 Å². The van der Waals surface area contributed by atoms with Gasteiger partial charge in [0.15, 0.2) is 5.65 Å². The van der Waals surface area contributed by atoms with Crippen LogP contribution in [-0.4, -0.2) is 15.0 Å². The van der Waals surface area contributed by atoms with Crippen LogP contribution in [0.2, 0.25) is 0 Å². The summed E-state index contributed by atoms with van der Waals surface area (Å²) in [6, 6.07) is 12.5. The van der Waals surface area contributed by atoms with E-state index in [1.807, 2.05) is 12.1 Å². The van der Waals surface area contributed by atoms with Crippen molar-refractivity contribution in [2.45, 2.75) is 25.7 Å². The molecule has 102 valence electrons. The van der Waals surface area contributed by atoms with Crippen molar-refractivity contribution in [3.05, 3.63) is 58.5 Å². The fourth-order valence-electron chi connectivity index (χ4n) is 2.39. The Labute approximate surface area is 126 Å². The van der Waals surface area contributed by atoms with Gasteiger partial charge in [0.1, 0.15) is 5.82 Å². The number of imidazole rings is 1. The Kier molecular flexibility index (Phi) is 3.57. The molecule has 0 aliphatic heterocycles. The van der Waals surface area contributed by atoms with Crippen LogP contribution in [-0.2, 0) is 0 Å². The van der Waals surface area contributed by atoms with Gasteiger partial charge in [-0.1, -0.05) is 44.2 Å². The molecule has 3 aromatic rings. The summed E-state index contributed by atoms with van der Waals surface area (Å²) >= 11 is 3.43. The van der Waals surface area contributed by atoms with Crippen LogP contribution in [0.5, 0.6) is 0 Å². The van der Waals surface area contributed by atoms with Crippen molar-refractivity contribution in [1.82, 2.24) is 15.0 Å². The molecule has 20 heavy (non-hydrogen) atoms. The highest BCUT2D eigenvalue weighted by molar-refractivity contribution is 9.10. The number of nitrogens with zero attached hydrogens (tertiary/aromatic N) is 2. The van der Waals surface area contributed by atoms with E-state index in [0.29, 0.717) is 11.8 Å². The molecular weight excluding hydrogens is 314 g/mol. The molecule has 0 saturated heterocycles. The second-order valence-corrected chi connectivity index (χ2v) is 6.05. The third-order valence-electron chi connectivity index (χ3n) is 3.83. The van der Waals surface area contributed by atoms with Crippen molar-refractivity contribution in [3.8, 4) is 0 Å². The monoisotopic (exact) mass is 329 g/mol. The number of hydrogen-bond donors (Lipinski definition) is 1. The fourth-order valence-corrected chi connectivity index (χ4v) is 2.72. The first-order valence-corrected chi connectivity index (χ1v) is 7.50. The van der Waals surface area contributed by atoms with Gasteiger partial charge in [-0.25, -0.2) is 9.97 Å². The molecule has 2 atom stereocenters. The van der Waals surface area contributed by atoms with Gasteiger partial charge in [-0.3, -0.25) is 0 Å². The van der Waals surface area contributed by atoms with E-state index in [9.17, 15) is 0 Å². The van der Waals surface area contributed by atoms with Gasteiger partial charge >= 0.3 is 0 Å². The third-order valence-corrected chi connectivity index (χ3v) is 4.26. The molecule has 4 heteroatoms. The molecule has 0 aliphatic carbocycles. The molecule has 2 heterocycles. The molecule has 0 aliphatic rings. The fraction of sp³-hybridized carbons (Fsp3) is 0.250. The van der Waals surface area contributed by atoms with Crippen LogP contribution in [0, 0.1) is 0 Å². The van der Waals surface area contributed by atoms with Crippen molar-refractivity contribution in [1.29, 1.82) is 0 Å². The van der Waals surface area contributed by atoms with Gasteiger partial charge in [-0.05, 0) is 33.5 Å². The SMILES string of the molecule is CC(c1ccccc1)C(C)c1nc2ncc(Br)cc2[nH]1. The van der Waals surface area contributed by atoms with E-state index in [4.69, 9.17) is 0 Å². The summed E-state index contributed by atoms with van der Waals surface area (Å²) in [7, 11) is 0. The summed E-state index contributed by atoms with van der Waals surface area (Å²) in [6.07, 6.45) is 1.78. The van der Waals surface area contributed by atoms with Crippen molar-refractivity contribution in [3.63, 3.8) is 0 Å². The van der Waals surface area contributed by atoms with E-state index < -0.39 is 0 Å². The van der Waals surface area contributed by atoms with Gasteiger partial charge in [-0.15, -0.1) is 0 Å². The Balaban J connectivity index is 1.94. The molecule has 1 aromatic carbocycles. The first-order chi connectivity index (χ1) is 9.65. The van der Waals surface area contributed by atoms with Gasteiger partial charge in [0, 0.05) is 16.6 Å². The number of aromatic nitrogens is 3. The van der Waals surface area contributed by atoms with Crippen LogP contribution in [0.1, 0.15) is 37.1 Å². The summed E-state index contributed by atoms with van der Waals surface area (Å²) in [4.78, 5) is 12.3. The number of halogens is 1. The molecule has 0 fully saturated rings. The van der Waals surface area contributed by atoms with Gasteiger partial charge < -0.3 is 4.98 Å². The average Bonchev–Trinajstić information content (AvgIpc) is 2.89. The second kappa shape index (κ2) is 5.37. The number of rotatable bonds is 3. The van der Waals surface area contributed by atoms with Crippen LogP contribution in [0.4, 0.5) is 0 Å². The van der Waals surface area contributed by atoms with Crippen LogP contribution < -0.4 is 0 Å². The molecule has 0 amide bonds. The van der Waals surface area contributed by atoms with Crippen molar-refractivity contribution in [2.24, 2.45) is 0 Å². The van der Waals surface area contributed by atoms with Crippen molar-refractivity contribution in [2.75, 3.05) is 0 Å². The highest BCUT2D eigenvalue weighted by atomic mass is 79.9. The number of benzene rings is 1. The van der Waals surface area contributed by atoms with Gasteiger partial charge in [0.05, 0.1) is 5.52 Å². The Morgan fingerprint density at radius 3 is 2.60 bits per heavy atom. The topological polar surface area (TPSA) is 41.6 Å². The maximum atomic E-state index is 4.61. The van der Waals surface area contributed by atoms with E-state index in [2.05, 4.69) is 69.0 Å². The van der Waals surface area contributed by atoms with Crippen LogP contribution in [0.15, 0.2) is 47.1 Å². The lowest BCUT2D eigenvalue weighted by molar-refractivity contribution is 0.596. The summed E-state index contributed by atoms with van der Waals surface area (Å²) in [5.74, 6) is 1.70. The predicted molar refractivity (Wildman–Crippen MR) is 84.9 cm³/mol. The lowest BCUT2D eigenvalue weighted by atomic mass is 9.88. The number of aromatic amines is 1. The first kappa shape index (κ1) is 13.3. The summed E-state index contributed by atoms with van der Waals surface area (Å²) in [5, 5.41) is 0. The number of pyridine rings is 1. The van der Waals surface area contributed by atoms with Gasteiger partial charge in [-0.2, -0.15) is 0 Å². The lowest BCUT2D eigenvalue weighted by Gasteiger charge is -2.18. The highest BCUT2D eigenvalue weighted by Crippen LogP contribution is 2.31. The van der Waals surface area contributed by atoms with Gasteiger partial charge in [0.2, 0.25) is 0 Å². The molecule has 3 nitrogen and oxygen atoms in total. The molecule has 0 saturated carbocycles. The molecule has 2 aromatic heterocycles. The van der Waals surface area contributed by atoms with E-state index in [1.54, 1.807) is 6.20 Å². The molecule has 0 spiro atoms. The van der Waals surface area contributed by atoms with E-state index in [1.165, 1.54) is 5.56 Å². The van der Waals surface area contributed by atoms with E-state index in [-0.39, 0.29) is 0 Å². The number of H-pyrrole nitrogens is 1. The zero-order valence-corrected chi connectivity index (χ0v) is 13.1. The zero-order valence-electron chi connectivity index (χ0n) is 11.5. The van der Waals surface area contributed by atoms with E-state index >= 15 is 0 Å². The summed E-state index contributed by atoms with van der Waals surface area (Å²) in [5.41, 5.74) is 3.08. The summed E-state index contributed by atoms with van der Waals surface area (Å²) in [6.45, 7) is 4.43. The largest absolute Gasteiger partial charge is 0.340 e. The Hall–Kier alpha value is -1.68. The number of nitrogens with one attached hydrogen (secondary N) is 1. The Morgan fingerprint density at radius 1 is 1.10 bits per heavy atom. The van der Waals surface area contributed by atoms with Crippen LogP contribution in [0.25, 0.3) is 11.2 Å². The van der Waals surface area contributed by atoms with Crippen LogP contribution >= 0.6 is 15.9 Å². The molecule has 0 bridgehead atoms. The predicted octanol–water partition coefficient (Wildman–Crippen LogP) is 4.63. The average molecular weight is 330 g/mol. The summed E-state index contributed by atoms with van der Waals surface area (Å²) < 4.78 is 0.962. The Bertz CT molecular complexity index is 721. The molecule has 2 unspecified atom stereocenters. The first-order valence-electron chi connectivity index (χ1n) is 6.71. The maximum Gasteiger partial charge on any atom is 0.177 e. The lowest BCUT2D eigenvalue weighted by Crippen LogP contribution is -2.06. The van der Waals surface area contributed by atoms with Crippen molar-refractivity contribution >= 4 is 27.1 Å². The standard InChI is InChI=1S/C16H16BrN3/c1-10(12-6-4-3-5-7-12)11(2)15-19-14-8-13(17)9-18-16(14)20-15/h3-11H,1-2H3,(H,18,19,20). The number of hydrogen-bond acceptors (Lipinski definition) is 2. The molecule has 0 radical (unpaired) electrons. The van der Waals surface area contributed by atoms with Gasteiger partial charge in [0.25, 0.3) is 0 Å². The second-order valence-electron chi connectivity index (χ2n) is 5.13. The van der Waals surface area contributed by atoms with E-state index in [0.717, 1.165) is 21.5 Å². The Morgan fingerprint density at radius 2 is 1.85 bits per heavy atom. The highest BCUT2D eigenvalue weighted by Gasteiger charge is 2.19.